The molecule has 128 valence electrons. The van der Waals surface area contributed by atoms with Gasteiger partial charge in [0, 0.05) is 18.1 Å². The van der Waals surface area contributed by atoms with Crippen molar-refractivity contribution in [1.29, 1.82) is 0 Å². The third kappa shape index (κ3) is 4.23. The summed E-state index contributed by atoms with van der Waals surface area (Å²) in [4.78, 5) is 15.9. The van der Waals surface area contributed by atoms with E-state index >= 15 is 0 Å². The zero-order valence-electron chi connectivity index (χ0n) is 12.8. The number of aromatic nitrogens is 1. The normalized spacial score (nSPS) is 13.9. The fraction of sp³-hybridized carbons (Fsp3) is 0.250. The molecule has 0 aliphatic heterocycles. The molecule has 3 N–H and O–H groups in total. The molecule has 1 aromatic carbocycles. The summed E-state index contributed by atoms with van der Waals surface area (Å²) in [6.45, 7) is 0.868. The van der Waals surface area contributed by atoms with Crippen LogP contribution in [0.25, 0.3) is 0 Å². The number of anilines is 1. The molecule has 0 saturated heterocycles. The zero-order chi connectivity index (χ0) is 17.8. The first kappa shape index (κ1) is 17.7. The van der Waals surface area contributed by atoms with Crippen LogP contribution < -0.4 is 10.6 Å². The number of hydrogen-bond acceptors (Lipinski definition) is 3. The lowest BCUT2D eigenvalue weighted by Gasteiger charge is -2.30. The highest BCUT2D eigenvalue weighted by Crippen LogP contribution is 2.32. The molecule has 1 aromatic heterocycles. The summed E-state index contributed by atoms with van der Waals surface area (Å²) in [5, 5.41) is 14.6. The Hall–Kier alpha value is -2.61. The van der Waals surface area contributed by atoms with Gasteiger partial charge in [-0.1, -0.05) is 12.1 Å². The van der Waals surface area contributed by atoms with Gasteiger partial charge in [-0.2, -0.15) is 13.2 Å². The second-order valence-corrected chi connectivity index (χ2v) is 5.38. The number of carbonyl (C=O) groups is 1. The first-order valence-electron chi connectivity index (χ1n) is 7.02. The highest BCUT2D eigenvalue weighted by atomic mass is 19.4. The van der Waals surface area contributed by atoms with E-state index in [1.165, 1.54) is 31.5 Å². The molecule has 5 nitrogen and oxygen atoms in total. The Labute approximate surface area is 136 Å². The number of benzene rings is 1. The number of halogens is 3. The molecule has 0 saturated carbocycles. The van der Waals surface area contributed by atoms with Crippen molar-refractivity contribution >= 4 is 11.7 Å². The van der Waals surface area contributed by atoms with Crippen LogP contribution in [-0.2, 0) is 11.7 Å². The number of rotatable bonds is 4. The maximum Gasteiger partial charge on any atom is 0.416 e. The van der Waals surface area contributed by atoms with Gasteiger partial charge in [-0.15, -0.1) is 0 Å². The molecule has 2 amide bonds. The predicted octanol–water partition coefficient (Wildman–Crippen LogP) is 3.13. The van der Waals surface area contributed by atoms with Crippen molar-refractivity contribution in [3.63, 3.8) is 0 Å². The average Bonchev–Trinajstić information content (AvgIpc) is 2.55. The fourth-order valence-corrected chi connectivity index (χ4v) is 2.09. The minimum Gasteiger partial charge on any atom is -0.394 e. The lowest BCUT2D eigenvalue weighted by molar-refractivity contribution is -0.137. The minimum absolute atomic E-state index is 0.143. The number of pyridine rings is 1. The van der Waals surface area contributed by atoms with Gasteiger partial charge in [-0.3, -0.25) is 4.98 Å². The van der Waals surface area contributed by atoms with Crippen LogP contribution in [0.4, 0.5) is 23.7 Å². The Morgan fingerprint density at radius 1 is 1.17 bits per heavy atom. The topological polar surface area (TPSA) is 74.2 Å². The molecule has 0 bridgehead atoms. The molecule has 0 aliphatic rings. The molecule has 2 rings (SSSR count). The number of nitrogens with zero attached hydrogens (tertiary/aromatic N) is 1. The summed E-state index contributed by atoms with van der Waals surface area (Å²) in [7, 11) is 0. The van der Waals surface area contributed by atoms with Crippen LogP contribution >= 0.6 is 0 Å². The summed E-state index contributed by atoms with van der Waals surface area (Å²) in [6.07, 6.45) is -1.55. The molecule has 2 aromatic rings. The number of aliphatic hydroxyl groups is 1. The first-order chi connectivity index (χ1) is 11.2. The number of aliphatic hydroxyl groups excluding tert-OH is 1. The summed E-state index contributed by atoms with van der Waals surface area (Å²) in [5.74, 6) is 0. The average molecular weight is 339 g/mol. The van der Waals surface area contributed by atoms with Gasteiger partial charge in [0.05, 0.1) is 17.7 Å². The van der Waals surface area contributed by atoms with Crippen molar-refractivity contribution in [3.05, 3.63) is 59.9 Å². The van der Waals surface area contributed by atoms with Crippen LogP contribution in [0.2, 0.25) is 0 Å². The number of hydrogen-bond donors (Lipinski definition) is 3. The molecule has 24 heavy (non-hydrogen) atoms. The van der Waals surface area contributed by atoms with E-state index in [0.29, 0.717) is 5.69 Å². The smallest absolute Gasteiger partial charge is 0.394 e. The van der Waals surface area contributed by atoms with Gasteiger partial charge in [0.25, 0.3) is 0 Å². The van der Waals surface area contributed by atoms with Gasteiger partial charge >= 0.3 is 12.2 Å². The number of carbonyl (C=O) groups excluding carboxylic acids is 1. The van der Waals surface area contributed by atoms with Crippen LogP contribution in [-0.4, -0.2) is 22.7 Å². The van der Waals surface area contributed by atoms with E-state index in [1.807, 2.05) is 0 Å². The summed E-state index contributed by atoms with van der Waals surface area (Å²) in [5.41, 5.74) is -1.62. The monoisotopic (exact) mass is 339 g/mol. The third-order valence-corrected chi connectivity index (χ3v) is 3.47. The Bertz CT molecular complexity index is 707. The van der Waals surface area contributed by atoms with Crippen LogP contribution in [0.1, 0.15) is 18.1 Å². The molecule has 0 spiro atoms. The molecule has 0 radical (unpaired) electrons. The lowest BCUT2D eigenvalue weighted by atomic mass is 9.91. The number of nitrogens with one attached hydrogen (secondary N) is 2. The van der Waals surface area contributed by atoms with Crippen molar-refractivity contribution in [2.75, 3.05) is 11.9 Å². The summed E-state index contributed by atoms with van der Waals surface area (Å²) < 4.78 is 38.5. The molecule has 0 fully saturated rings. The Morgan fingerprint density at radius 2 is 1.79 bits per heavy atom. The molecule has 1 heterocycles. The zero-order valence-corrected chi connectivity index (χ0v) is 12.8. The third-order valence-electron chi connectivity index (χ3n) is 3.47. The van der Waals surface area contributed by atoms with Crippen LogP contribution in [0.3, 0.4) is 0 Å². The van der Waals surface area contributed by atoms with Crippen molar-refractivity contribution in [2.45, 2.75) is 18.6 Å². The van der Waals surface area contributed by atoms with Crippen LogP contribution in [0.5, 0.6) is 0 Å². The molecular formula is C16H16F3N3O2. The second-order valence-electron chi connectivity index (χ2n) is 5.38. The largest absolute Gasteiger partial charge is 0.416 e. The van der Waals surface area contributed by atoms with Crippen molar-refractivity contribution in [3.8, 4) is 0 Å². The van der Waals surface area contributed by atoms with E-state index in [4.69, 9.17) is 0 Å². The van der Waals surface area contributed by atoms with E-state index in [1.54, 1.807) is 12.1 Å². The quantitative estimate of drug-likeness (QED) is 0.801. The van der Waals surface area contributed by atoms with Gasteiger partial charge in [0.2, 0.25) is 0 Å². The van der Waals surface area contributed by atoms with Crippen LogP contribution in [0.15, 0.2) is 48.8 Å². The maximum absolute atomic E-state index is 12.8. The second kappa shape index (κ2) is 6.88. The van der Waals surface area contributed by atoms with E-state index in [9.17, 15) is 23.1 Å². The molecule has 1 atom stereocenters. The van der Waals surface area contributed by atoms with Gasteiger partial charge in [-0.05, 0) is 36.8 Å². The van der Waals surface area contributed by atoms with Crippen molar-refractivity contribution in [2.24, 2.45) is 0 Å². The summed E-state index contributed by atoms with van der Waals surface area (Å²) >= 11 is 0. The highest BCUT2D eigenvalue weighted by molar-refractivity contribution is 5.89. The van der Waals surface area contributed by atoms with Gasteiger partial charge < -0.3 is 15.7 Å². The van der Waals surface area contributed by atoms with Crippen molar-refractivity contribution < 1.29 is 23.1 Å². The molecular weight excluding hydrogens is 323 g/mol. The number of urea groups is 1. The predicted molar refractivity (Wildman–Crippen MR) is 82.3 cm³/mol. The minimum atomic E-state index is -4.51. The Balaban J connectivity index is 2.20. The van der Waals surface area contributed by atoms with Crippen LogP contribution in [0, 0.1) is 0 Å². The fourth-order valence-electron chi connectivity index (χ4n) is 2.09. The molecule has 8 heteroatoms. The summed E-state index contributed by atoms with van der Waals surface area (Å²) in [6, 6.07) is 6.93. The number of alkyl halides is 3. The molecule has 0 aliphatic carbocycles. The van der Waals surface area contributed by atoms with E-state index in [0.717, 1.165) is 12.1 Å². The van der Waals surface area contributed by atoms with Gasteiger partial charge in [0.1, 0.15) is 0 Å². The standard InChI is InChI=1S/C16H16F3N3O2/c1-15(10-23,11-3-2-4-12(9-11)16(17,18)19)22-14(24)21-13-5-7-20-8-6-13/h2-9,23H,10H2,1H3,(H2,20,21,22,24)/t15-/m1/s1. The Kier molecular flexibility index (Phi) is 5.08. The highest BCUT2D eigenvalue weighted by Gasteiger charge is 2.34. The van der Waals surface area contributed by atoms with E-state index < -0.39 is 29.9 Å². The first-order valence-corrected chi connectivity index (χ1v) is 7.02. The van der Waals surface area contributed by atoms with E-state index in [-0.39, 0.29) is 5.56 Å². The SMILES string of the molecule is C[C@](CO)(NC(=O)Nc1ccncc1)c1cccc(C(F)(F)F)c1. The lowest BCUT2D eigenvalue weighted by Crippen LogP contribution is -2.48. The maximum atomic E-state index is 12.8. The van der Waals surface area contributed by atoms with Gasteiger partial charge in [0.15, 0.2) is 0 Å². The number of amides is 2. The van der Waals surface area contributed by atoms with Crippen molar-refractivity contribution in [1.82, 2.24) is 10.3 Å². The Morgan fingerprint density at radius 3 is 2.38 bits per heavy atom. The van der Waals surface area contributed by atoms with E-state index in [2.05, 4.69) is 15.6 Å². The van der Waals surface area contributed by atoms with Gasteiger partial charge in [-0.25, -0.2) is 4.79 Å². The molecule has 0 unspecified atom stereocenters.